The molecule has 0 aromatic carbocycles. The average molecular weight is 420 g/mol. The minimum Gasteiger partial charge on any atom is -0.495 e. The predicted molar refractivity (Wildman–Crippen MR) is 110 cm³/mol. The van der Waals surface area contributed by atoms with E-state index in [0.717, 1.165) is 0 Å². The highest BCUT2D eigenvalue weighted by Gasteiger charge is 2.21. The average Bonchev–Trinajstić information content (AvgIpc) is 3.40. The molecule has 0 bridgehead atoms. The van der Waals surface area contributed by atoms with Gasteiger partial charge in [-0.15, -0.1) is 10.2 Å². The minimum absolute atomic E-state index is 0.0546. The maximum Gasteiger partial charge on any atom is 0.260 e. The van der Waals surface area contributed by atoms with Crippen molar-refractivity contribution in [2.75, 3.05) is 7.11 Å². The summed E-state index contributed by atoms with van der Waals surface area (Å²) in [6.45, 7) is 3.57. The Morgan fingerprint density at radius 3 is 2.81 bits per heavy atom. The van der Waals surface area contributed by atoms with Crippen molar-refractivity contribution >= 4 is 16.6 Å². The first kappa shape index (κ1) is 18.9. The fraction of sp³-hybridized carbons (Fsp3) is 0.190. The highest BCUT2D eigenvalue weighted by Crippen LogP contribution is 2.25. The topological polar surface area (TPSA) is 100 Å². The Kier molecular flexibility index (Phi) is 4.28. The van der Waals surface area contributed by atoms with Gasteiger partial charge in [0.05, 0.1) is 35.9 Å². The molecule has 5 rings (SSSR count). The number of pyridine rings is 3. The molecule has 1 atom stereocenters. The Morgan fingerprint density at radius 2 is 2.06 bits per heavy atom. The highest BCUT2D eigenvalue weighted by molar-refractivity contribution is 5.78. The Hall–Kier alpha value is -4.08. The molecule has 0 aliphatic rings. The van der Waals surface area contributed by atoms with Gasteiger partial charge >= 0.3 is 0 Å². The number of aryl methyl sites for hydroxylation is 1. The molecule has 0 aliphatic carbocycles. The SMILES string of the molecule is COc1cnc2ccn([C@H](C)c3nnc4c(F)cc(-c5cc(C)no5)cn34)c(=O)c2c1. The van der Waals surface area contributed by atoms with Gasteiger partial charge in [0.15, 0.2) is 23.0 Å². The second-order valence-electron chi connectivity index (χ2n) is 7.17. The molecule has 31 heavy (non-hydrogen) atoms. The van der Waals surface area contributed by atoms with E-state index in [-0.39, 0.29) is 11.2 Å². The number of rotatable bonds is 4. The highest BCUT2D eigenvalue weighted by atomic mass is 19.1. The number of nitrogens with zero attached hydrogens (tertiary/aromatic N) is 6. The summed E-state index contributed by atoms with van der Waals surface area (Å²) in [7, 11) is 1.51. The van der Waals surface area contributed by atoms with Crippen LogP contribution in [0, 0.1) is 12.7 Å². The van der Waals surface area contributed by atoms with Crippen molar-refractivity contribution in [2.45, 2.75) is 19.9 Å². The summed E-state index contributed by atoms with van der Waals surface area (Å²) >= 11 is 0. The summed E-state index contributed by atoms with van der Waals surface area (Å²) in [6.07, 6.45) is 4.86. The molecule has 0 saturated heterocycles. The molecule has 156 valence electrons. The van der Waals surface area contributed by atoms with E-state index >= 15 is 0 Å². The van der Waals surface area contributed by atoms with E-state index in [4.69, 9.17) is 9.26 Å². The molecular formula is C21H17FN6O3. The molecule has 5 aromatic rings. The maximum absolute atomic E-state index is 14.7. The van der Waals surface area contributed by atoms with Gasteiger partial charge in [-0.05, 0) is 32.0 Å². The summed E-state index contributed by atoms with van der Waals surface area (Å²) in [6, 6.07) is 5.86. The van der Waals surface area contributed by atoms with Crippen LogP contribution >= 0.6 is 0 Å². The van der Waals surface area contributed by atoms with Gasteiger partial charge in [-0.25, -0.2) is 4.39 Å². The van der Waals surface area contributed by atoms with Crippen LogP contribution in [0.2, 0.25) is 0 Å². The Balaban J connectivity index is 1.66. The molecule has 0 radical (unpaired) electrons. The van der Waals surface area contributed by atoms with Crippen LogP contribution in [-0.2, 0) is 0 Å². The van der Waals surface area contributed by atoms with Crippen LogP contribution in [0.3, 0.4) is 0 Å². The van der Waals surface area contributed by atoms with Gasteiger partial charge in [0.2, 0.25) is 0 Å². The van der Waals surface area contributed by atoms with Crippen LogP contribution in [0.5, 0.6) is 5.75 Å². The van der Waals surface area contributed by atoms with E-state index in [2.05, 4.69) is 20.3 Å². The largest absolute Gasteiger partial charge is 0.495 e. The van der Waals surface area contributed by atoms with Gasteiger partial charge in [-0.3, -0.25) is 14.2 Å². The van der Waals surface area contributed by atoms with Crippen LogP contribution in [0.15, 0.2) is 52.2 Å². The molecule has 0 amide bonds. The van der Waals surface area contributed by atoms with Crippen LogP contribution in [0.25, 0.3) is 27.9 Å². The third-order valence-electron chi connectivity index (χ3n) is 5.18. The molecular weight excluding hydrogens is 403 g/mol. The van der Waals surface area contributed by atoms with Crippen LogP contribution in [0.4, 0.5) is 4.39 Å². The number of aromatic nitrogens is 6. The van der Waals surface area contributed by atoms with Crippen molar-refractivity contribution in [3.63, 3.8) is 0 Å². The second-order valence-corrected chi connectivity index (χ2v) is 7.17. The molecule has 5 aromatic heterocycles. The third-order valence-corrected chi connectivity index (χ3v) is 5.18. The summed E-state index contributed by atoms with van der Waals surface area (Å²) < 4.78 is 28.2. The lowest BCUT2D eigenvalue weighted by molar-refractivity contribution is 0.413. The number of ether oxygens (including phenoxy) is 1. The number of fused-ring (bicyclic) bond motifs is 2. The van der Waals surface area contributed by atoms with E-state index in [1.165, 1.54) is 22.1 Å². The number of hydrogen-bond acceptors (Lipinski definition) is 7. The van der Waals surface area contributed by atoms with Crippen molar-refractivity contribution in [3.8, 4) is 17.1 Å². The summed E-state index contributed by atoms with van der Waals surface area (Å²) in [5.74, 6) is 0.741. The standard InChI is InChI=1S/C21H17FN6O3/c1-11-6-18(31-26-11)13-7-16(22)20-25-24-19(28(20)10-13)12(2)27-5-4-17-15(21(27)29)8-14(30-3)9-23-17/h4-10,12H,1-3H3/t12-/m1/s1. The number of halogens is 1. The lowest BCUT2D eigenvalue weighted by Crippen LogP contribution is -2.25. The van der Waals surface area contributed by atoms with E-state index in [1.54, 1.807) is 50.6 Å². The Morgan fingerprint density at radius 1 is 1.23 bits per heavy atom. The summed E-state index contributed by atoms with van der Waals surface area (Å²) in [4.78, 5) is 17.4. The van der Waals surface area contributed by atoms with Crippen molar-refractivity contribution in [2.24, 2.45) is 0 Å². The third kappa shape index (κ3) is 3.03. The van der Waals surface area contributed by atoms with E-state index in [1.807, 2.05) is 0 Å². The van der Waals surface area contributed by atoms with Crippen molar-refractivity contribution in [3.05, 3.63) is 70.5 Å². The zero-order valence-electron chi connectivity index (χ0n) is 16.9. The van der Waals surface area contributed by atoms with Gasteiger partial charge in [0.1, 0.15) is 5.75 Å². The van der Waals surface area contributed by atoms with Gasteiger partial charge in [0, 0.05) is 24.0 Å². The first-order chi connectivity index (χ1) is 15.0. The van der Waals surface area contributed by atoms with Gasteiger partial charge < -0.3 is 13.8 Å². The molecule has 0 spiro atoms. The van der Waals surface area contributed by atoms with E-state index in [0.29, 0.717) is 39.5 Å². The van der Waals surface area contributed by atoms with Crippen molar-refractivity contribution in [1.29, 1.82) is 0 Å². The lowest BCUT2D eigenvalue weighted by atomic mass is 10.2. The van der Waals surface area contributed by atoms with Crippen LogP contribution in [-0.4, -0.2) is 36.4 Å². The van der Waals surface area contributed by atoms with Crippen molar-refractivity contribution < 1.29 is 13.7 Å². The first-order valence-corrected chi connectivity index (χ1v) is 9.49. The van der Waals surface area contributed by atoms with E-state index < -0.39 is 11.9 Å². The Bertz CT molecular complexity index is 1500. The molecule has 0 aliphatic heterocycles. The van der Waals surface area contributed by atoms with Crippen molar-refractivity contribution in [1.82, 2.24) is 29.3 Å². The molecule has 0 saturated carbocycles. The maximum atomic E-state index is 14.7. The molecule has 5 heterocycles. The Labute approximate surface area is 174 Å². The fourth-order valence-corrected chi connectivity index (χ4v) is 3.55. The first-order valence-electron chi connectivity index (χ1n) is 9.49. The minimum atomic E-state index is -0.558. The van der Waals surface area contributed by atoms with Crippen LogP contribution in [0.1, 0.15) is 24.5 Å². The number of methoxy groups -OCH3 is 1. The summed E-state index contributed by atoms with van der Waals surface area (Å²) in [5, 5.41) is 12.4. The quantitative estimate of drug-likeness (QED) is 0.440. The fourth-order valence-electron chi connectivity index (χ4n) is 3.55. The molecule has 0 fully saturated rings. The predicted octanol–water partition coefficient (Wildman–Crippen LogP) is 3.16. The van der Waals surface area contributed by atoms with Crippen LogP contribution < -0.4 is 10.3 Å². The molecule has 0 unspecified atom stereocenters. The normalized spacial score (nSPS) is 12.5. The molecule has 0 N–H and O–H groups in total. The zero-order valence-corrected chi connectivity index (χ0v) is 16.9. The van der Waals surface area contributed by atoms with E-state index in [9.17, 15) is 9.18 Å². The monoisotopic (exact) mass is 420 g/mol. The second kappa shape index (κ2) is 7.01. The van der Waals surface area contributed by atoms with Gasteiger partial charge in [0.25, 0.3) is 5.56 Å². The summed E-state index contributed by atoms with van der Waals surface area (Å²) in [5.41, 5.74) is 1.50. The zero-order chi connectivity index (χ0) is 21.7. The lowest BCUT2D eigenvalue weighted by Gasteiger charge is -2.15. The molecule has 9 nitrogen and oxygen atoms in total. The van der Waals surface area contributed by atoms with Gasteiger partial charge in [-0.2, -0.15) is 0 Å². The van der Waals surface area contributed by atoms with Gasteiger partial charge in [-0.1, -0.05) is 5.16 Å². The number of hydrogen-bond donors (Lipinski definition) is 0. The smallest absolute Gasteiger partial charge is 0.260 e. The molecule has 10 heteroatoms.